The molecule has 1 amide bonds. The first-order valence-corrected chi connectivity index (χ1v) is 8.74. The van der Waals surface area contributed by atoms with Gasteiger partial charge in [0.25, 0.3) is 5.91 Å². The van der Waals surface area contributed by atoms with E-state index >= 15 is 0 Å². The van der Waals surface area contributed by atoms with Crippen molar-refractivity contribution in [1.29, 1.82) is 0 Å². The number of hydrogen-bond acceptors (Lipinski definition) is 3. The van der Waals surface area contributed by atoms with Crippen molar-refractivity contribution < 1.29 is 4.79 Å². The highest BCUT2D eigenvalue weighted by molar-refractivity contribution is 6.30. The first-order chi connectivity index (χ1) is 12.1. The second-order valence-corrected chi connectivity index (χ2v) is 6.72. The van der Waals surface area contributed by atoms with Gasteiger partial charge in [-0.1, -0.05) is 23.7 Å². The largest absolute Gasteiger partial charge is 0.368 e. The van der Waals surface area contributed by atoms with Gasteiger partial charge in [0.2, 0.25) is 0 Å². The van der Waals surface area contributed by atoms with Crippen LogP contribution in [0.2, 0.25) is 5.02 Å². The third-order valence-electron chi connectivity index (χ3n) is 4.66. The number of halogens is 1. The van der Waals surface area contributed by atoms with Gasteiger partial charge in [-0.3, -0.25) is 4.79 Å². The first kappa shape index (κ1) is 16.0. The van der Waals surface area contributed by atoms with Crippen LogP contribution in [0, 0.1) is 6.92 Å². The number of carbonyl (C=O) groups excluding carboxylic acids is 1. The minimum absolute atomic E-state index is 0.00570. The van der Waals surface area contributed by atoms with Crippen molar-refractivity contribution in [2.24, 2.45) is 0 Å². The molecule has 0 spiro atoms. The van der Waals surface area contributed by atoms with Crippen molar-refractivity contribution in [3.8, 4) is 0 Å². The molecule has 0 saturated carbocycles. The topological polar surface area (TPSA) is 40.9 Å². The Bertz CT molecular complexity index is 928. The molecule has 1 aliphatic rings. The van der Waals surface area contributed by atoms with Gasteiger partial charge in [0, 0.05) is 48.8 Å². The summed E-state index contributed by atoms with van der Waals surface area (Å²) >= 11 is 6.07. The summed E-state index contributed by atoms with van der Waals surface area (Å²) in [7, 11) is 0. The number of imidazole rings is 1. The minimum Gasteiger partial charge on any atom is -0.368 e. The number of benzene rings is 1. The van der Waals surface area contributed by atoms with E-state index < -0.39 is 0 Å². The number of fused-ring (bicyclic) bond motifs is 1. The molecule has 0 atom stereocenters. The Hall–Kier alpha value is -2.53. The number of hydrogen-bond donors (Lipinski definition) is 0. The lowest BCUT2D eigenvalue weighted by molar-refractivity contribution is 0.0741. The Balaban J connectivity index is 1.48. The molecular formula is C19H19ClN4O. The predicted octanol–water partition coefficient (Wildman–Crippen LogP) is 3.26. The van der Waals surface area contributed by atoms with Crippen molar-refractivity contribution in [1.82, 2.24) is 14.3 Å². The average Bonchev–Trinajstić information content (AvgIpc) is 3.07. The van der Waals surface area contributed by atoms with E-state index in [0.717, 1.165) is 35.1 Å². The summed E-state index contributed by atoms with van der Waals surface area (Å²) in [5, 5.41) is 0.732. The molecule has 5 nitrogen and oxygen atoms in total. The highest BCUT2D eigenvalue weighted by Gasteiger charge is 2.24. The van der Waals surface area contributed by atoms with Gasteiger partial charge in [0.05, 0.1) is 0 Å². The molecule has 1 aliphatic heterocycles. The molecular weight excluding hydrogens is 336 g/mol. The van der Waals surface area contributed by atoms with Gasteiger partial charge in [-0.2, -0.15) is 0 Å². The molecule has 2 aromatic heterocycles. The van der Waals surface area contributed by atoms with E-state index in [-0.39, 0.29) is 5.91 Å². The van der Waals surface area contributed by atoms with Gasteiger partial charge in [0.1, 0.15) is 11.3 Å². The number of anilines is 1. The van der Waals surface area contributed by atoms with Crippen molar-refractivity contribution in [2.75, 3.05) is 31.1 Å². The normalized spacial score (nSPS) is 15.0. The highest BCUT2D eigenvalue weighted by Crippen LogP contribution is 2.21. The predicted molar refractivity (Wildman–Crippen MR) is 99.5 cm³/mol. The quantitative estimate of drug-likeness (QED) is 0.709. The second kappa shape index (κ2) is 6.41. The Morgan fingerprint density at radius 3 is 2.56 bits per heavy atom. The van der Waals surface area contributed by atoms with Gasteiger partial charge in [-0.25, -0.2) is 4.98 Å². The molecule has 0 aliphatic carbocycles. The zero-order valence-electron chi connectivity index (χ0n) is 14.0. The summed E-state index contributed by atoms with van der Waals surface area (Å²) in [6.45, 7) is 4.94. The lowest BCUT2D eigenvalue weighted by atomic mass is 10.2. The van der Waals surface area contributed by atoms with Crippen LogP contribution in [0.1, 0.15) is 16.2 Å². The Morgan fingerprint density at radius 2 is 1.84 bits per heavy atom. The summed E-state index contributed by atoms with van der Waals surface area (Å²) in [5.41, 5.74) is 3.48. The molecule has 1 fully saturated rings. The summed E-state index contributed by atoms with van der Waals surface area (Å²) in [5.74, 6) is -0.00570. The highest BCUT2D eigenvalue weighted by atomic mass is 35.5. The van der Waals surface area contributed by atoms with E-state index in [4.69, 9.17) is 11.6 Å². The van der Waals surface area contributed by atoms with Crippen molar-refractivity contribution >= 4 is 28.8 Å². The molecule has 0 bridgehead atoms. The molecule has 6 heteroatoms. The van der Waals surface area contributed by atoms with Gasteiger partial charge in [0.15, 0.2) is 0 Å². The Labute approximate surface area is 151 Å². The van der Waals surface area contributed by atoms with Gasteiger partial charge >= 0.3 is 0 Å². The van der Waals surface area contributed by atoms with Crippen LogP contribution < -0.4 is 4.90 Å². The number of aryl methyl sites for hydroxylation is 1. The molecule has 0 unspecified atom stereocenters. The minimum atomic E-state index is -0.00570. The van der Waals surface area contributed by atoms with E-state index in [1.54, 1.807) is 0 Å². The van der Waals surface area contributed by atoms with Crippen LogP contribution in [0.4, 0.5) is 5.69 Å². The smallest absolute Gasteiger partial charge is 0.274 e. The van der Waals surface area contributed by atoms with Crippen molar-refractivity contribution in [3.63, 3.8) is 0 Å². The van der Waals surface area contributed by atoms with Crippen LogP contribution in [0.25, 0.3) is 5.65 Å². The summed E-state index contributed by atoms with van der Waals surface area (Å²) < 4.78 is 1.95. The van der Waals surface area contributed by atoms with Crippen LogP contribution in [0.15, 0.2) is 48.7 Å². The van der Waals surface area contributed by atoms with E-state index in [1.165, 1.54) is 0 Å². The molecule has 1 aromatic carbocycles. The number of piperazine rings is 1. The molecule has 25 heavy (non-hydrogen) atoms. The van der Waals surface area contributed by atoms with E-state index in [0.29, 0.717) is 18.8 Å². The maximum atomic E-state index is 12.8. The summed E-state index contributed by atoms with van der Waals surface area (Å²) in [6, 6.07) is 13.7. The molecule has 3 heterocycles. The number of nitrogens with zero attached hydrogens (tertiary/aromatic N) is 4. The van der Waals surface area contributed by atoms with E-state index in [1.807, 2.05) is 64.9 Å². The first-order valence-electron chi connectivity index (χ1n) is 8.36. The fourth-order valence-corrected chi connectivity index (χ4v) is 3.44. The van der Waals surface area contributed by atoms with E-state index in [2.05, 4.69) is 9.88 Å². The zero-order chi connectivity index (χ0) is 17.4. The third-order valence-corrected chi connectivity index (χ3v) is 4.89. The Morgan fingerprint density at radius 1 is 1.08 bits per heavy atom. The molecule has 0 N–H and O–H groups in total. The number of rotatable bonds is 2. The van der Waals surface area contributed by atoms with Crippen LogP contribution >= 0.6 is 11.6 Å². The molecule has 3 aromatic rings. The zero-order valence-corrected chi connectivity index (χ0v) is 14.8. The van der Waals surface area contributed by atoms with Crippen LogP contribution in [-0.2, 0) is 0 Å². The van der Waals surface area contributed by atoms with Crippen molar-refractivity contribution in [2.45, 2.75) is 6.92 Å². The van der Waals surface area contributed by atoms with Crippen LogP contribution in [-0.4, -0.2) is 46.4 Å². The number of amides is 1. The lowest BCUT2D eigenvalue weighted by Gasteiger charge is -2.35. The SMILES string of the molecule is Cc1cccc2nc(C(=O)N3CCN(c4cccc(Cl)c4)CC3)cn12. The van der Waals surface area contributed by atoms with E-state index in [9.17, 15) is 4.79 Å². The van der Waals surface area contributed by atoms with Gasteiger partial charge < -0.3 is 14.2 Å². The number of aromatic nitrogens is 2. The molecule has 0 radical (unpaired) electrons. The average molecular weight is 355 g/mol. The summed E-state index contributed by atoms with van der Waals surface area (Å²) in [6.07, 6.45) is 1.83. The standard InChI is InChI=1S/C19H19ClN4O/c1-14-4-2-7-18-21-17(13-24(14)18)19(25)23-10-8-22(9-11-23)16-6-3-5-15(20)12-16/h2-7,12-13H,8-11H2,1H3. The third kappa shape index (κ3) is 3.07. The Kier molecular flexibility index (Phi) is 4.09. The molecule has 1 saturated heterocycles. The van der Waals surface area contributed by atoms with Gasteiger partial charge in [-0.15, -0.1) is 0 Å². The van der Waals surface area contributed by atoms with Crippen LogP contribution in [0.3, 0.4) is 0 Å². The summed E-state index contributed by atoms with van der Waals surface area (Å²) in [4.78, 5) is 21.4. The second-order valence-electron chi connectivity index (χ2n) is 6.28. The lowest BCUT2D eigenvalue weighted by Crippen LogP contribution is -2.48. The fourth-order valence-electron chi connectivity index (χ4n) is 3.25. The van der Waals surface area contributed by atoms with Gasteiger partial charge in [-0.05, 0) is 37.3 Å². The fraction of sp³-hybridized carbons (Fsp3) is 0.263. The number of pyridine rings is 1. The monoisotopic (exact) mass is 354 g/mol. The number of carbonyl (C=O) groups is 1. The van der Waals surface area contributed by atoms with Crippen LogP contribution in [0.5, 0.6) is 0 Å². The molecule has 4 rings (SSSR count). The maximum absolute atomic E-state index is 12.8. The maximum Gasteiger partial charge on any atom is 0.274 e. The van der Waals surface area contributed by atoms with Crippen molar-refractivity contribution in [3.05, 3.63) is 65.1 Å². The molecule has 128 valence electrons.